The molecule has 0 radical (unpaired) electrons. The fourth-order valence-electron chi connectivity index (χ4n) is 2.27. The molecule has 0 bridgehead atoms. The maximum atomic E-state index is 11.8. The Morgan fingerprint density at radius 3 is 2.71 bits per heavy atom. The molecule has 1 saturated heterocycles. The van der Waals surface area contributed by atoms with Gasteiger partial charge in [0, 0.05) is 12.5 Å². The molecular weight excluding hydrogens is 218 g/mol. The summed E-state index contributed by atoms with van der Waals surface area (Å²) < 4.78 is 4.71. The Hall–Kier alpha value is -1.84. The summed E-state index contributed by atoms with van der Waals surface area (Å²) in [5, 5.41) is 2.71. The smallest absolute Gasteiger partial charge is 0.318 e. The lowest BCUT2D eigenvalue weighted by Gasteiger charge is -2.29. The van der Waals surface area contributed by atoms with Crippen LogP contribution in [0.3, 0.4) is 0 Å². The molecule has 2 atom stereocenters. The maximum Gasteiger partial charge on any atom is 0.318 e. The second-order valence-electron chi connectivity index (χ2n) is 4.10. The number of benzene rings is 1. The summed E-state index contributed by atoms with van der Waals surface area (Å²) >= 11 is 0. The van der Waals surface area contributed by atoms with Gasteiger partial charge in [0.15, 0.2) is 0 Å². The van der Waals surface area contributed by atoms with Crippen LogP contribution in [-0.2, 0) is 14.3 Å². The highest BCUT2D eigenvalue weighted by Crippen LogP contribution is 2.31. The topological polar surface area (TPSA) is 55.4 Å². The monoisotopic (exact) mass is 233 g/mol. The van der Waals surface area contributed by atoms with Crippen LogP contribution in [0.4, 0.5) is 0 Å². The van der Waals surface area contributed by atoms with E-state index in [1.807, 2.05) is 30.3 Å². The van der Waals surface area contributed by atoms with Crippen molar-refractivity contribution >= 4 is 11.9 Å². The van der Waals surface area contributed by atoms with Crippen LogP contribution >= 0.6 is 0 Å². The minimum atomic E-state index is -0.726. The molecule has 1 aromatic rings. The third-order valence-corrected chi connectivity index (χ3v) is 3.12. The molecular formula is C13H15NO3. The number of carbonyl (C=O) groups excluding carboxylic acids is 2. The van der Waals surface area contributed by atoms with Gasteiger partial charge in [0.1, 0.15) is 5.92 Å². The number of piperidine rings is 1. The van der Waals surface area contributed by atoms with Gasteiger partial charge in [0.25, 0.3) is 0 Å². The highest BCUT2D eigenvalue weighted by Gasteiger charge is 2.39. The van der Waals surface area contributed by atoms with Gasteiger partial charge >= 0.3 is 5.97 Å². The Balaban J connectivity index is 2.30. The van der Waals surface area contributed by atoms with Crippen LogP contribution in [-0.4, -0.2) is 25.5 Å². The van der Waals surface area contributed by atoms with Crippen LogP contribution in [0.5, 0.6) is 0 Å². The van der Waals surface area contributed by atoms with Gasteiger partial charge in [-0.05, 0) is 12.0 Å². The zero-order valence-corrected chi connectivity index (χ0v) is 9.68. The average molecular weight is 233 g/mol. The Morgan fingerprint density at radius 1 is 1.35 bits per heavy atom. The molecule has 90 valence electrons. The number of esters is 1. The van der Waals surface area contributed by atoms with Gasteiger partial charge in [-0.15, -0.1) is 0 Å². The van der Waals surface area contributed by atoms with Gasteiger partial charge in [-0.25, -0.2) is 0 Å². The third kappa shape index (κ3) is 2.30. The van der Waals surface area contributed by atoms with Crippen molar-refractivity contribution in [3.05, 3.63) is 35.9 Å². The van der Waals surface area contributed by atoms with Crippen molar-refractivity contribution in [1.82, 2.24) is 5.32 Å². The van der Waals surface area contributed by atoms with Gasteiger partial charge < -0.3 is 10.1 Å². The first-order valence-electron chi connectivity index (χ1n) is 5.64. The molecule has 0 aliphatic carbocycles. The zero-order chi connectivity index (χ0) is 12.3. The standard InChI is InChI=1S/C13H15NO3/c1-17-13(16)11-10(7-8-14-12(11)15)9-5-3-2-4-6-9/h2-6,10-11H,7-8H2,1H3,(H,14,15). The molecule has 0 saturated carbocycles. The quantitative estimate of drug-likeness (QED) is 0.614. The molecule has 0 aromatic heterocycles. The molecule has 1 amide bonds. The number of hydrogen-bond acceptors (Lipinski definition) is 3. The van der Waals surface area contributed by atoms with E-state index in [-0.39, 0.29) is 11.8 Å². The Kier molecular flexibility index (Phi) is 3.42. The number of rotatable bonds is 2. The van der Waals surface area contributed by atoms with Crippen molar-refractivity contribution in [2.75, 3.05) is 13.7 Å². The van der Waals surface area contributed by atoms with Crippen molar-refractivity contribution in [3.63, 3.8) is 0 Å². The number of carbonyl (C=O) groups is 2. The van der Waals surface area contributed by atoms with Crippen LogP contribution in [0, 0.1) is 5.92 Å². The van der Waals surface area contributed by atoms with Crippen LogP contribution in [0.2, 0.25) is 0 Å². The Morgan fingerprint density at radius 2 is 2.06 bits per heavy atom. The molecule has 0 spiro atoms. The molecule has 1 aliphatic rings. The van der Waals surface area contributed by atoms with E-state index in [1.54, 1.807) is 0 Å². The molecule has 1 aliphatic heterocycles. The number of nitrogens with one attached hydrogen (secondary N) is 1. The molecule has 1 heterocycles. The van der Waals surface area contributed by atoms with Gasteiger partial charge in [0.05, 0.1) is 7.11 Å². The first kappa shape index (κ1) is 11.6. The minimum Gasteiger partial charge on any atom is -0.468 e. The van der Waals surface area contributed by atoms with Crippen LogP contribution in [0.15, 0.2) is 30.3 Å². The van der Waals surface area contributed by atoms with E-state index in [0.29, 0.717) is 6.54 Å². The summed E-state index contributed by atoms with van der Waals surface area (Å²) in [5.74, 6) is -1.51. The third-order valence-electron chi connectivity index (χ3n) is 3.12. The van der Waals surface area contributed by atoms with Crippen molar-refractivity contribution in [3.8, 4) is 0 Å². The van der Waals surface area contributed by atoms with Gasteiger partial charge in [0.2, 0.25) is 5.91 Å². The van der Waals surface area contributed by atoms with Crippen LogP contribution < -0.4 is 5.32 Å². The second kappa shape index (κ2) is 4.99. The summed E-state index contributed by atoms with van der Waals surface area (Å²) in [5.41, 5.74) is 1.01. The van der Waals surface area contributed by atoms with Crippen LogP contribution in [0.1, 0.15) is 17.9 Å². The highest BCUT2D eigenvalue weighted by molar-refractivity contribution is 5.99. The average Bonchev–Trinajstić information content (AvgIpc) is 2.38. The van der Waals surface area contributed by atoms with Gasteiger partial charge in [-0.2, -0.15) is 0 Å². The van der Waals surface area contributed by atoms with Gasteiger partial charge in [-0.1, -0.05) is 30.3 Å². The van der Waals surface area contributed by atoms with Crippen molar-refractivity contribution in [2.24, 2.45) is 5.92 Å². The lowest BCUT2D eigenvalue weighted by molar-refractivity contribution is -0.152. The summed E-state index contributed by atoms with van der Waals surface area (Å²) in [4.78, 5) is 23.4. The van der Waals surface area contributed by atoms with E-state index in [2.05, 4.69) is 5.32 Å². The molecule has 1 aromatic carbocycles. The van der Waals surface area contributed by atoms with Crippen molar-refractivity contribution < 1.29 is 14.3 Å². The molecule has 2 rings (SSSR count). The highest BCUT2D eigenvalue weighted by atomic mass is 16.5. The zero-order valence-electron chi connectivity index (χ0n) is 9.68. The molecule has 4 nitrogen and oxygen atoms in total. The lowest BCUT2D eigenvalue weighted by Crippen LogP contribution is -2.45. The van der Waals surface area contributed by atoms with Gasteiger partial charge in [-0.3, -0.25) is 9.59 Å². The number of hydrogen-bond donors (Lipinski definition) is 1. The molecule has 17 heavy (non-hydrogen) atoms. The van der Waals surface area contributed by atoms with E-state index < -0.39 is 11.9 Å². The molecule has 4 heteroatoms. The first-order chi connectivity index (χ1) is 8.24. The number of methoxy groups -OCH3 is 1. The minimum absolute atomic E-state index is 0.0857. The normalized spacial score (nSPS) is 23.9. The van der Waals surface area contributed by atoms with Crippen molar-refractivity contribution in [1.29, 1.82) is 0 Å². The van der Waals surface area contributed by atoms with E-state index in [4.69, 9.17) is 4.74 Å². The summed E-state index contributed by atoms with van der Waals surface area (Å²) in [6, 6.07) is 9.63. The van der Waals surface area contributed by atoms with E-state index in [1.165, 1.54) is 7.11 Å². The SMILES string of the molecule is COC(=O)C1C(=O)NCCC1c1ccccc1. The molecule has 2 unspecified atom stereocenters. The van der Waals surface area contributed by atoms with E-state index >= 15 is 0 Å². The number of ether oxygens (including phenoxy) is 1. The summed E-state index contributed by atoms with van der Waals surface area (Å²) in [6.45, 7) is 0.603. The Labute approximate surface area is 100.0 Å². The predicted molar refractivity (Wildman–Crippen MR) is 62.3 cm³/mol. The first-order valence-corrected chi connectivity index (χ1v) is 5.64. The van der Waals surface area contributed by atoms with E-state index in [0.717, 1.165) is 12.0 Å². The van der Waals surface area contributed by atoms with E-state index in [9.17, 15) is 9.59 Å². The molecule has 1 N–H and O–H groups in total. The fourth-order valence-corrected chi connectivity index (χ4v) is 2.27. The Bertz CT molecular complexity index is 408. The maximum absolute atomic E-state index is 11.8. The lowest BCUT2D eigenvalue weighted by atomic mass is 9.80. The largest absolute Gasteiger partial charge is 0.468 e. The van der Waals surface area contributed by atoms with Crippen LogP contribution in [0.25, 0.3) is 0 Å². The number of amides is 1. The fraction of sp³-hybridized carbons (Fsp3) is 0.385. The summed E-state index contributed by atoms with van der Waals surface area (Å²) in [7, 11) is 1.31. The second-order valence-corrected chi connectivity index (χ2v) is 4.10. The predicted octanol–water partition coefficient (Wildman–Crippen LogP) is 1.08. The van der Waals surface area contributed by atoms with Crippen molar-refractivity contribution in [2.45, 2.75) is 12.3 Å². The summed E-state index contributed by atoms with van der Waals surface area (Å²) in [6.07, 6.45) is 0.759. The molecule has 1 fully saturated rings.